The van der Waals surface area contributed by atoms with Gasteiger partial charge in [-0.2, -0.15) is 5.10 Å². The second-order valence-electron chi connectivity index (χ2n) is 6.03. The van der Waals surface area contributed by atoms with Crippen molar-refractivity contribution in [1.29, 1.82) is 0 Å². The number of rotatable bonds is 3. The van der Waals surface area contributed by atoms with E-state index in [4.69, 9.17) is 0 Å². The minimum atomic E-state index is -1.11. The average molecular weight is 342 g/mol. The quantitative estimate of drug-likeness (QED) is 0.755. The maximum absolute atomic E-state index is 13.6. The van der Waals surface area contributed by atoms with Crippen LogP contribution in [0.4, 0.5) is 10.2 Å². The van der Waals surface area contributed by atoms with E-state index in [2.05, 4.69) is 10.1 Å². The van der Waals surface area contributed by atoms with Gasteiger partial charge in [0.15, 0.2) is 5.65 Å². The molecule has 2 aromatic heterocycles. The Morgan fingerprint density at radius 1 is 1.32 bits per heavy atom. The number of hydrogen-bond acceptors (Lipinski definition) is 5. The zero-order chi connectivity index (χ0) is 17.6. The highest BCUT2D eigenvalue weighted by Gasteiger charge is 2.33. The number of fused-ring (bicyclic) bond motifs is 1. The van der Waals surface area contributed by atoms with Crippen molar-refractivity contribution in [2.75, 3.05) is 11.4 Å². The van der Waals surface area contributed by atoms with E-state index >= 15 is 0 Å². The van der Waals surface area contributed by atoms with Crippen molar-refractivity contribution in [3.8, 4) is 0 Å². The van der Waals surface area contributed by atoms with E-state index in [0.29, 0.717) is 18.8 Å². The number of nitrogens with zero attached hydrogens (tertiary/aromatic N) is 4. The van der Waals surface area contributed by atoms with Crippen LogP contribution in [0, 0.1) is 5.82 Å². The van der Waals surface area contributed by atoms with Crippen molar-refractivity contribution in [1.82, 2.24) is 14.6 Å². The zero-order valence-corrected chi connectivity index (χ0v) is 13.1. The lowest BCUT2D eigenvalue weighted by Crippen LogP contribution is -2.25. The van der Waals surface area contributed by atoms with Crippen molar-refractivity contribution >= 4 is 17.4 Å². The Labute approximate surface area is 142 Å². The maximum atomic E-state index is 13.6. The molecule has 3 aromatic rings. The van der Waals surface area contributed by atoms with Gasteiger partial charge in [-0.15, -0.1) is 0 Å². The molecule has 1 aliphatic rings. The van der Waals surface area contributed by atoms with Crippen LogP contribution in [0.15, 0.2) is 42.7 Å². The SMILES string of the molecule is O=C(O)c1cnn2ccc(N3CC(O)CC3c3cccc(F)c3)nc12. The average Bonchev–Trinajstić information content (AvgIpc) is 3.17. The number of aromatic nitrogens is 3. The Kier molecular flexibility index (Phi) is 3.61. The number of benzene rings is 1. The molecule has 3 heterocycles. The van der Waals surface area contributed by atoms with Crippen molar-refractivity contribution in [2.45, 2.75) is 18.6 Å². The predicted octanol–water partition coefficient (Wildman–Crippen LogP) is 1.88. The smallest absolute Gasteiger partial charge is 0.341 e. The van der Waals surface area contributed by atoms with Crippen molar-refractivity contribution in [3.63, 3.8) is 0 Å². The van der Waals surface area contributed by atoms with Gasteiger partial charge in [-0.3, -0.25) is 0 Å². The Hall–Kier alpha value is -3.00. The van der Waals surface area contributed by atoms with Crippen molar-refractivity contribution in [2.24, 2.45) is 0 Å². The Morgan fingerprint density at radius 3 is 2.92 bits per heavy atom. The van der Waals surface area contributed by atoms with Crippen LogP contribution < -0.4 is 4.90 Å². The number of halogens is 1. The number of anilines is 1. The highest BCUT2D eigenvalue weighted by atomic mass is 19.1. The molecular formula is C17H15FN4O3. The molecule has 2 N–H and O–H groups in total. The highest BCUT2D eigenvalue weighted by Crippen LogP contribution is 2.35. The zero-order valence-electron chi connectivity index (χ0n) is 13.1. The van der Waals surface area contributed by atoms with Crippen LogP contribution >= 0.6 is 0 Å². The second kappa shape index (κ2) is 5.82. The van der Waals surface area contributed by atoms with E-state index in [1.807, 2.05) is 4.90 Å². The molecule has 0 amide bonds. The molecule has 1 saturated heterocycles. The first-order valence-electron chi connectivity index (χ1n) is 7.81. The fraction of sp³-hybridized carbons (Fsp3) is 0.235. The van der Waals surface area contributed by atoms with Crippen molar-refractivity contribution < 1.29 is 19.4 Å². The number of carboxylic acids is 1. The van der Waals surface area contributed by atoms with Gasteiger partial charge in [0.1, 0.15) is 17.2 Å². The molecule has 0 radical (unpaired) electrons. The lowest BCUT2D eigenvalue weighted by atomic mass is 10.0. The Morgan fingerprint density at radius 2 is 2.16 bits per heavy atom. The first kappa shape index (κ1) is 15.5. The largest absolute Gasteiger partial charge is 0.477 e. The van der Waals surface area contributed by atoms with E-state index < -0.39 is 12.1 Å². The molecule has 4 rings (SSSR count). The molecule has 2 unspecified atom stereocenters. The van der Waals surface area contributed by atoms with Gasteiger partial charge in [0, 0.05) is 12.7 Å². The number of aromatic carboxylic acids is 1. The summed E-state index contributed by atoms with van der Waals surface area (Å²) >= 11 is 0. The summed E-state index contributed by atoms with van der Waals surface area (Å²) in [5.41, 5.74) is 0.971. The minimum absolute atomic E-state index is 0.00361. The molecule has 25 heavy (non-hydrogen) atoms. The highest BCUT2D eigenvalue weighted by molar-refractivity contribution is 5.94. The monoisotopic (exact) mass is 342 g/mol. The molecule has 0 saturated carbocycles. The number of aliphatic hydroxyl groups excluding tert-OH is 1. The molecule has 0 bridgehead atoms. The molecule has 1 aromatic carbocycles. The molecule has 2 atom stereocenters. The second-order valence-corrected chi connectivity index (χ2v) is 6.03. The molecule has 128 valence electrons. The first-order valence-corrected chi connectivity index (χ1v) is 7.81. The molecule has 7 nitrogen and oxygen atoms in total. The molecule has 1 aliphatic heterocycles. The lowest BCUT2D eigenvalue weighted by molar-refractivity contribution is 0.0698. The molecule has 0 spiro atoms. The van der Waals surface area contributed by atoms with Crippen LogP contribution in [0.2, 0.25) is 0 Å². The summed E-state index contributed by atoms with van der Waals surface area (Å²) < 4.78 is 15.0. The summed E-state index contributed by atoms with van der Waals surface area (Å²) in [6.07, 6.45) is 2.74. The van der Waals surface area contributed by atoms with E-state index in [9.17, 15) is 19.4 Å². The van der Waals surface area contributed by atoms with Crippen LogP contribution in [-0.4, -0.2) is 43.4 Å². The van der Waals surface area contributed by atoms with Crippen molar-refractivity contribution in [3.05, 3.63) is 59.7 Å². The number of carboxylic acid groups (broad SMARTS) is 1. The van der Waals surface area contributed by atoms with Crippen LogP contribution in [0.1, 0.15) is 28.4 Å². The van der Waals surface area contributed by atoms with Crippen LogP contribution in [0.3, 0.4) is 0 Å². The molecule has 1 fully saturated rings. The van der Waals surface area contributed by atoms with Gasteiger partial charge in [-0.25, -0.2) is 18.7 Å². The summed E-state index contributed by atoms with van der Waals surface area (Å²) in [6, 6.07) is 7.71. The number of hydrogen-bond donors (Lipinski definition) is 2. The van der Waals surface area contributed by atoms with Crippen LogP contribution in [-0.2, 0) is 0 Å². The minimum Gasteiger partial charge on any atom is -0.477 e. The fourth-order valence-electron chi connectivity index (χ4n) is 3.27. The van der Waals surface area contributed by atoms with Gasteiger partial charge >= 0.3 is 5.97 Å². The van der Waals surface area contributed by atoms with Gasteiger partial charge in [-0.05, 0) is 30.2 Å². The lowest BCUT2D eigenvalue weighted by Gasteiger charge is -2.25. The van der Waals surface area contributed by atoms with E-state index in [1.54, 1.807) is 24.4 Å². The Bertz CT molecular complexity index is 958. The molecule has 0 aliphatic carbocycles. The predicted molar refractivity (Wildman–Crippen MR) is 87.1 cm³/mol. The van der Waals surface area contributed by atoms with E-state index in [1.165, 1.54) is 22.8 Å². The standard InChI is InChI=1S/C17H15FN4O3/c18-11-3-1-2-10(6-11)14-7-12(23)9-21(14)15-4-5-22-16(20-15)13(8-19-22)17(24)25/h1-6,8,12,14,23H,7,9H2,(H,24,25). The number of aliphatic hydroxyl groups is 1. The summed E-state index contributed by atoms with van der Waals surface area (Å²) in [5.74, 6) is -0.935. The summed E-state index contributed by atoms with van der Waals surface area (Å²) in [6.45, 7) is 0.334. The molecular weight excluding hydrogens is 327 g/mol. The summed E-state index contributed by atoms with van der Waals surface area (Å²) in [7, 11) is 0. The molecule has 8 heteroatoms. The third-order valence-electron chi connectivity index (χ3n) is 4.39. The maximum Gasteiger partial charge on any atom is 0.341 e. The van der Waals surface area contributed by atoms with Crippen LogP contribution in [0.25, 0.3) is 5.65 Å². The number of carbonyl (C=O) groups is 1. The summed E-state index contributed by atoms with van der Waals surface area (Å²) in [4.78, 5) is 17.6. The van der Waals surface area contributed by atoms with Gasteiger partial charge in [-0.1, -0.05) is 12.1 Å². The van der Waals surface area contributed by atoms with E-state index in [0.717, 1.165) is 5.56 Å². The third kappa shape index (κ3) is 2.70. The Balaban J connectivity index is 1.77. The van der Waals surface area contributed by atoms with Gasteiger partial charge in [0.05, 0.1) is 18.3 Å². The van der Waals surface area contributed by atoms with Gasteiger partial charge in [0.25, 0.3) is 0 Å². The van der Waals surface area contributed by atoms with Gasteiger partial charge < -0.3 is 15.1 Å². The number of β-amino-alcohol motifs (C(OH)–C–C–N with tert-alkyl or cyclic N) is 1. The summed E-state index contributed by atoms with van der Waals surface area (Å²) in [5, 5.41) is 23.3. The van der Waals surface area contributed by atoms with E-state index in [-0.39, 0.29) is 23.1 Å². The third-order valence-corrected chi connectivity index (χ3v) is 4.39. The topological polar surface area (TPSA) is 91.0 Å². The van der Waals surface area contributed by atoms with Crippen LogP contribution in [0.5, 0.6) is 0 Å². The normalized spacial score (nSPS) is 20.3. The first-order chi connectivity index (χ1) is 12.0. The fourth-order valence-corrected chi connectivity index (χ4v) is 3.27. The van der Waals surface area contributed by atoms with Gasteiger partial charge in [0.2, 0.25) is 0 Å².